The van der Waals surface area contributed by atoms with Gasteiger partial charge >= 0.3 is 0 Å². The Bertz CT molecular complexity index is 395. The van der Waals surface area contributed by atoms with Gasteiger partial charge in [0.1, 0.15) is 0 Å². The van der Waals surface area contributed by atoms with E-state index < -0.39 is 0 Å². The number of carbonyl (C=O) groups is 1. The number of amides is 1. The fraction of sp³-hybridized carbons (Fsp3) is 0.533. The molecule has 6 N–H and O–H groups in total. The molecule has 5 nitrogen and oxygen atoms in total. The molecule has 0 aliphatic heterocycles. The molecule has 0 saturated carbocycles. The van der Waals surface area contributed by atoms with Crippen molar-refractivity contribution in [2.75, 3.05) is 31.9 Å². The second-order valence-corrected chi connectivity index (χ2v) is 4.83. The van der Waals surface area contributed by atoms with E-state index in [4.69, 9.17) is 11.5 Å². The van der Waals surface area contributed by atoms with E-state index in [-0.39, 0.29) is 5.91 Å². The highest BCUT2D eigenvalue weighted by molar-refractivity contribution is 5.94. The van der Waals surface area contributed by atoms with Crippen LogP contribution in [0.4, 0.5) is 5.69 Å². The van der Waals surface area contributed by atoms with Crippen molar-refractivity contribution < 1.29 is 4.79 Å². The summed E-state index contributed by atoms with van der Waals surface area (Å²) in [5.74, 6) is -0.0618. The Hall–Kier alpha value is -1.59. The van der Waals surface area contributed by atoms with E-state index in [1.165, 1.54) is 0 Å². The van der Waals surface area contributed by atoms with Crippen LogP contribution in [0.3, 0.4) is 0 Å². The molecule has 0 saturated heterocycles. The van der Waals surface area contributed by atoms with Gasteiger partial charge in [-0.25, -0.2) is 0 Å². The second-order valence-electron chi connectivity index (χ2n) is 4.83. The lowest BCUT2D eigenvalue weighted by Crippen LogP contribution is -2.25. The van der Waals surface area contributed by atoms with Crippen LogP contribution in [0.2, 0.25) is 0 Å². The second kappa shape index (κ2) is 10.2. The van der Waals surface area contributed by atoms with E-state index in [9.17, 15) is 4.79 Å². The zero-order valence-electron chi connectivity index (χ0n) is 12.0. The predicted molar refractivity (Wildman–Crippen MR) is 83.6 cm³/mol. The van der Waals surface area contributed by atoms with Crippen LogP contribution in [0.5, 0.6) is 0 Å². The van der Waals surface area contributed by atoms with Crippen LogP contribution in [0.15, 0.2) is 24.3 Å². The highest BCUT2D eigenvalue weighted by Gasteiger charge is 2.04. The summed E-state index contributed by atoms with van der Waals surface area (Å²) in [5.41, 5.74) is 12.3. The number of benzene rings is 1. The van der Waals surface area contributed by atoms with Crippen molar-refractivity contribution in [1.29, 1.82) is 0 Å². The van der Waals surface area contributed by atoms with Gasteiger partial charge in [0.25, 0.3) is 5.91 Å². The van der Waals surface area contributed by atoms with Crippen LogP contribution in [0, 0.1) is 0 Å². The first-order valence-electron chi connectivity index (χ1n) is 7.28. The summed E-state index contributed by atoms with van der Waals surface area (Å²) < 4.78 is 0. The predicted octanol–water partition coefficient (Wildman–Crippen LogP) is 1.11. The normalized spacial score (nSPS) is 10.4. The van der Waals surface area contributed by atoms with E-state index in [0.717, 1.165) is 45.3 Å². The Labute approximate surface area is 121 Å². The summed E-state index contributed by atoms with van der Waals surface area (Å²) in [7, 11) is 0. The number of carbonyl (C=O) groups excluding carboxylic acids is 1. The SMILES string of the molecule is NCCCCNCCCCNC(=O)c1cccc(N)c1. The van der Waals surface area contributed by atoms with E-state index in [0.29, 0.717) is 17.8 Å². The van der Waals surface area contributed by atoms with E-state index >= 15 is 0 Å². The molecule has 0 radical (unpaired) electrons. The lowest BCUT2D eigenvalue weighted by atomic mass is 10.2. The van der Waals surface area contributed by atoms with Gasteiger partial charge in [-0.1, -0.05) is 6.07 Å². The van der Waals surface area contributed by atoms with Gasteiger partial charge in [0.2, 0.25) is 0 Å². The molecule has 0 bridgehead atoms. The Morgan fingerprint density at radius 1 is 1.05 bits per heavy atom. The smallest absolute Gasteiger partial charge is 0.251 e. The zero-order valence-corrected chi connectivity index (χ0v) is 12.0. The Kier molecular flexibility index (Phi) is 8.42. The van der Waals surface area contributed by atoms with Crippen molar-refractivity contribution in [1.82, 2.24) is 10.6 Å². The molecule has 5 heteroatoms. The molecule has 1 aromatic rings. The quantitative estimate of drug-likeness (QED) is 0.381. The van der Waals surface area contributed by atoms with Crippen LogP contribution in [0.25, 0.3) is 0 Å². The summed E-state index contributed by atoms with van der Waals surface area (Å²) in [6, 6.07) is 7.02. The summed E-state index contributed by atoms with van der Waals surface area (Å²) in [5, 5.41) is 6.26. The van der Waals surface area contributed by atoms with Crippen molar-refractivity contribution >= 4 is 11.6 Å². The van der Waals surface area contributed by atoms with Crippen LogP contribution in [-0.2, 0) is 0 Å². The standard InChI is InChI=1S/C15H26N4O/c16-8-1-2-9-18-10-3-4-11-19-15(20)13-6-5-7-14(17)12-13/h5-7,12,18H,1-4,8-11,16-17H2,(H,19,20). The zero-order chi connectivity index (χ0) is 14.6. The number of hydrogen-bond donors (Lipinski definition) is 4. The molecule has 0 aromatic heterocycles. The number of hydrogen-bond acceptors (Lipinski definition) is 4. The number of nitrogen functional groups attached to an aromatic ring is 1. The Morgan fingerprint density at radius 2 is 1.75 bits per heavy atom. The lowest BCUT2D eigenvalue weighted by Gasteiger charge is -2.07. The topological polar surface area (TPSA) is 93.2 Å². The van der Waals surface area contributed by atoms with Crippen molar-refractivity contribution in [3.8, 4) is 0 Å². The molecule has 0 fully saturated rings. The molecule has 0 spiro atoms. The first kappa shape index (κ1) is 16.5. The molecule has 0 aliphatic carbocycles. The molecular weight excluding hydrogens is 252 g/mol. The summed E-state index contributed by atoms with van der Waals surface area (Å²) in [6.07, 6.45) is 4.23. The van der Waals surface area contributed by atoms with Crippen LogP contribution >= 0.6 is 0 Å². The minimum Gasteiger partial charge on any atom is -0.399 e. The van der Waals surface area contributed by atoms with Gasteiger partial charge in [-0.15, -0.1) is 0 Å². The average Bonchev–Trinajstić information content (AvgIpc) is 2.45. The fourth-order valence-electron chi connectivity index (χ4n) is 1.88. The molecular formula is C15H26N4O. The van der Waals surface area contributed by atoms with Gasteiger partial charge in [-0.05, 0) is 63.5 Å². The number of nitrogens with one attached hydrogen (secondary N) is 2. The number of anilines is 1. The Balaban J connectivity index is 2.02. The molecule has 1 rings (SSSR count). The van der Waals surface area contributed by atoms with Gasteiger partial charge in [-0.2, -0.15) is 0 Å². The van der Waals surface area contributed by atoms with Gasteiger partial charge in [0.15, 0.2) is 0 Å². The third-order valence-corrected chi connectivity index (χ3v) is 3.02. The van der Waals surface area contributed by atoms with Crippen molar-refractivity contribution in [2.45, 2.75) is 25.7 Å². The van der Waals surface area contributed by atoms with Crippen LogP contribution in [-0.4, -0.2) is 32.1 Å². The van der Waals surface area contributed by atoms with Gasteiger partial charge < -0.3 is 22.1 Å². The van der Waals surface area contributed by atoms with Crippen LogP contribution < -0.4 is 22.1 Å². The largest absolute Gasteiger partial charge is 0.399 e. The van der Waals surface area contributed by atoms with Crippen molar-refractivity contribution in [3.63, 3.8) is 0 Å². The molecule has 1 amide bonds. The summed E-state index contributed by atoms with van der Waals surface area (Å²) in [6.45, 7) is 3.46. The third kappa shape index (κ3) is 7.11. The molecule has 1 aromatic carbocycles. The monoisotopic (exact) mass is 278 g/mol. The maximum atomic E-state index is 11.8. The summed E-state index contributed by atoms with van der Waals surface area (Å²) >= 11 is 0. The highest BCUT2D eigenvalue weighted by Crippen LogP contribution is 2.06. The summed E-state index contributed by atoms with van der Waals surface area (Å²) in [4.78, 5) is 11.8. The van der Waals surface area contributed by atoms with E-state index in [2.05, 4.69) is 10.6 Å². The molecule has 20 heavy (non-hydrogen) atoms. The van der Waals surface area contributed by atoms with Gasteiger partial charge in [-0.3, -0.25) is 4.79 Å². The first-order chi connectivity index (χ1) is 9.74. The third-order valence-electron chi connectivity index (χ3n) is 3.02. The Morgan fingerprint density at radius 3 is 2.45 bits per heavy atom. The molecule has 0 atom stereocenters. The minimum atomic E-state index is -0.0618. The van der Waals surface area contributed by atoms with Gasteiger partial charge in [0.05, 0.1) is 0 Å². The van der Waals surface area contributed by atoms with Gasteiger partial charge in [0, 0.05) is 17.8 Å². The van der Waals surface area contributed by atoms with E-state index in [1.54, 1.807) is 24.3 Å². The number of nitrogens with two attached hydrogens (primary N) is 2. The van der Waals surface area contributed by atoms with Crippen LogP contribution in [0.1, 0.15) is 36.0 Å². The molecule has 0 unspecified atom stereocenters. The molecule has 0 heterocycles. The number of unbranched alkanes of at least 4 members (excludes halogenated alkanes) is 2. The number of rotatable bonds is 10. The maximum absolute atomic E-state index is 11.8. The maximum Gasteiger partial charge on any atom is 0.251 e. The fourth-order valence-corrected chi connectivity index (χ4v) is 1.88. The molecule has 112 valence electrons. The van der Waals surface area contributed by atoms with Crippen molar-refractivity contribution in [3.05, 3.63) is 29.8 Å². The molecule has 0 aliphatic rings. The first-order valence-corrected chi connectivity index (χ1v) is 7.28. The van der Waals surface area contributed by atoms with E-state index in [1.807, 2.05) is 0 Å². The lowest BCUT2D eigenvalue weighted by molar-refractivity contribution is 0.0953. The highest BCUT2D eigenvalue weighted by atomic mass is 16.1. The minimum absolute atomic E-state index is 0.0618. The van der Waals surface area contributed by atoms with Crippen molar-refractivity contribution in [2.24, 2.45) is 5.73 Å². The average molecular weight is 278 g/mol.